The second-order valence-electron chi connectivity index (χ2n) is 0. The van der Waals surface area contributed by atoms with Crippen LogP contribution in [-0.4, -0.2) is 74.6 Å². The topological polar surface area (TPSA) is 94.5 Å². The molecule has 25 valence electrons. The second-order valence-corrected chi connectivity index (χ2v) is 0. The van der Waals surface area contributed by atoms with E-state index in [9.17, 15) is 0 Å². The summed E-state index contributed by atoms with van der Waals surface area (Å²) in [5, 5.41) is 0. The molecule has 0 rings (SSSR count). The fourth-order valence-corrected chi connectivity index (χ4v) is 0. The van der Waals surface area contributed by atoms with Crippen molar-refractivity contribution < 1.29 is 16.4 Å². The van der Waals surface area contributed by atoms with Gasteiger partial charge in [-0.2, -0.15) is 0 Å². The molecule has 4 heavy (non-hydrogen) atoms. The molecule has 0 aromatic rings. The monoisotopic (exact) mass is 139 g/mol. The van der Waals surface area contributed by atoms with Gasteiger partial charge in [0.25, 0.3) is 0 Å². The van der Waals surface area contributed by atoms with E-state index in [1.54, 1.807) is 0 Å². The zero-order chi connectivity index (χ0) is 0. The summed E-state index contributed by atoms with van der Waals surface area (Å²) in [4.78, 5) is 0. The first-order valence-corrected chi connectivity index (χ1v) is 0. The number of rotatable bonds is 0. The first-order chi connectivity index (χ1) is 0. The minimum atomic E-state index is 0. The van der Waals surface area contributed by atoms with Crippen molar-refractivity contribution >= 4 is 58.2 Å². The Morgan fingerprint density at radius 2 is 0.500 bits per heavy atom. The van der Waals surface area contributed by atoms with Crippen LogP contribution < -0.4 is 0 Å². The molecule has 0 unspecified atom stereocenters. The zero-order valence-electron chi connectivity index (χ0n) is 2.50. The summed E-state index contributed by atoms with van der Waals surface area (Å²) in [5.74, 6) is 0. The zero-order valence-corrected chi connectivity index (χ0v) is 7.42. The molecule has 0 bridgehead atoms. The predicted molar refractivity (Wildman–Crippen MR) is 16.6 cm³/mol. The molecule has 0 amide bonds. The van der Waals surface area contributed by atoms with Crippen molar-refractivity contribution in [2.75, 3.05) is 0 Å². The van der Waals surface area contributed by atoms with Crippen molar-refractivity contribution in [2.45, 2.75) is 0 Å². The van der Waals surface area contributed by atoms with E-state index in [0.29, 0.717) is 0 Å². The van der Waals surface area contributed by atoms with Crippen LogP contribution in [0, 0.1) is 0 Å². The van der Waals surface area contributed by atoms with Gasteiger partial charge in [-0.1, -0.05) is 0 Å². The first-order valence-electron chi connectivity index (χ1n) is 0. The Morgan fingerprint density at radius 3 is 0.500 bits per heavy atom. The number of hydrogen-bond donors (Lipinski definition) is 0. The largest absolute Gasteiger partial charge is 0.412 e. The smallest absolute Gasteiger partial charge is 0 e. The van der Waals surface area contributed by atoms with Crippen LogP contribution in [0.3, 0.4) is 0 Å². The third-order valence-electron chi connectivity index (χ3n) is 0. The van der Waals surface area contributed by atoms with Gasteiger partial charge in [-0.3, -0.25) is 0 Å². The quantitative estimate of drug-likeness (QED) is 0.345. The normalized spacial score (nSPS) is 0. The predicted octanol–water partition coefficient (Wildman–Crippen LogP) is -2.85. The van der Waals surface area contributed by atoms with Crippen molar-refractivity contribution in [1.29, 1.82) is 0 Å². The summed E-state index contributed by atoms with van der Waals surface area (Å²) in [6.07, 6.45) is 0. The van der Waals surface area contributed by atoms with Crippen LogP contribution in [-0.2, 0) is 0 Å². The molecule has 0 atom stereocenters. The maximum Gasteiger partial charge on any atom is 0 e. The first kappa shape index (κ1) is 43.9. The van der Waals surface area contributed by atoms with E-state index in [0.717, 1.165) is 0 Å². The Balaban J connectivity index is 0. The molecule has 0 saturated heterocycles. The Kier molecular flexibility index (Phi) is 246. The average Bonchev–Trinajstić information content (AvgIpc) is 0. The molecule has 0 aromatic heterocycles. The fourth-order valence-electron chi connectivity index (χ4n) is 0. The van der Waals surface area contributed by atoms with Gasteiger partial charge >= 0.3 is 0 Å². The van der Waals surface area contributed by atoms with Gasteiger partial charge in [-0.25, -0.2) is 0 Å². The molecule has 0 aliphatic rings. The molecular weight excluding hydrogens is 133 g/mol. The fraction of sp³-hybridized carbons (Fsp3) is 0. The van der Waals surface area contributed by atoms with Crippen LogP contribution in [0.4, 0.5) is 0 Å². The third-order valence-corrected chi connectivity index (χ3v) is 0. The van der Waals surface area contributed by atoms with Gasteiger partial charge in [0.05, 0.1) is 0 Å². The summed E-state index contributed by atoms with van der Waals surface area (Å²) in [7, 11) is 0. The Bertz CT molecular complexity index is 3.25. The van der Waals surface area contributed by atoms with E-state index < -0.39 is 0 Å². The molecule has 3 nitrogen and oxygen atoms in total. The van der Waals surface area contributed by atoms with E-state index in [4.69, 9.17) is 0 Å². The second kappa shape index (κ2) is 22.4. The van der Waals surface area contributed by atoms with Crippen LogP contribution >= 0.6 is 0 Å². The molecule has 0 heterocycles. The minimum Gasteiger partial charge on any atom is -0.412 e. The van der Waals surface area contributed by atoms with E-state index >= 15 is 0 Å². The molecule has 6 N–H and O–H groups in total. The van der Waals surface area contributed by atoms with E-state index in [1.165, 1.54) is 0 Å². The molecule has 0 aromatic carbocycles. The Morgan fingerprint density at radius 1 is 0.500 bits per heavy atom. The van der Waals surface area contributed by atoms with Gasteiger partial charge in [-0.05, 0) is 0 Å². The third kappa shape index (κ3) is 9.36. The summed E-state index contributed by atoms with van der Waals surface area (Å²) < 4.78 is 0. The van der Waals surface area contributed by atoms with Crippen molar-refractivity contribution in [3.8, 4) is 0 Å². The van der Waals surface area contributed by atoms with Crippen molar-refractivity contribution in [3.05, 3.63) is 0 Å². The van der Waals surface area contributed by atoms with Crippen LogP contribution in [0.1, 0.15) is 0 Å². The van der Waals surface area contributed by atoms with Crippen molar-refractivity contribution in [1.82, 2.24) is 0 Å². The molecule has 0 saturated carbocycles. The maximum atomic E-state index is 0. The van der Waals surface area contributed by atoms with Crippen LogP contribution in [0.5, 0.6) is 0 Å². The summed E-state index contributed by atoms with van der Waals surface area (Å²) in [6, 6.07) is 0. The van der Waals surface area contributed by atoms with E-state index in [1.807, 2.05) is 0 Å². The maximum absolute atomic E-state index is 0. The van der Waals surface area contributed by atoms with Crippen LogP contribution in [0.25, 0.3) is 0 Å². The summed E-state index contributed by atoms with van der Waals surface area (Å²) >= 11 is 0. The Hall–Kier alpha value is 1.69. The van der Waals surface area contributed by atoms with Gasteiger partial charge in [0.1, 0.15) is 0 Å². The molecule has 0 aliphatic carbocycles. The molecule has 1 radical (unpaired) electrons. The molecular formula is H6O3Rb. The van der Waals surface area contributed by atoms with Gasteiger partial charge in [0.15, 0.2) is 0 Å². The summed E-state index contributed by atoms with van der Waals surface area (Å²) in [5.41, 5.74) is 0. The van der Waals surface area contributed by atoms with Crippen molar-refractivity contribution in [3.63, 3.8) is 0 Å². The van der Waals surface area contributed by atoms with Crippen LogP contribution in [0.2, 0.25) is 0 Å². The minimum absolute atomic E-state index is 0. The number of hydrogen-bond acceptors (Lipinski definition) is 0. The van der Waals surface area contributed by atoms with E-state index in [-0.39, 0.29) is 74.6 Å². The molecule has 0 fully saturated rings. The Labute approximate surface area is 73.1 Å². The van der Waals surface area contributed by atoms with Gasteiger partial charge < -0.3 is 16.4 Å². The molecule has 0 spiro atoms. The average molecular weight is 140 g/mol. The SMILES string of the molecule is O.O.O.[Rb]. The van der Waals surface area contributed by atoms with Gasteiger partial charge in [0.2, 0.25) is 0 Å². The van der Waals surface area contributed by atoms with E-state index in [2.05, 4.69) is 0 Å². The van der Waals surface area contributed by atoms with Gasteiger partial charge in [0, 0.05) is 58.2 Å². The van der Waals surface area contributed by atoms with Crippen molar-refractivity contribution in [2.24, 2.45) is 0 Å². The molecule has 0 aliphatic heterocycles. The summed E-state index contributed by atoms with van der Waals surface area (Å²) in [6.45, 7) is 0. The molecule has 4 heteroatoms. The van der Waals surface area contributed by atoms with Crippen LogP contribution in [0.15, 0.2) is 0 Å². The van der Waals surface area contributed by atoms with Gasteiger partial charge in [-0.15, -0.1) is 0 Å². The standard InChI is InChI=1S/3H2O.Rb/h3*1H2;.